The Bertz CT molecular complexity index is 2680. The maximum atomic E-state index is 8.75. The fraction of sp³-hybridized carbons (Fsp3) is 0.170. The molecule has 4 aromatic heterocycles. The second-order valence-electron chi connectivity index (χ2n) is 12.6. The van der Waals surface area contributed by atoms with Crippen molar-refractivity contribution in [1.29, 1.82) is 0 Å². The second-order valence-corrected chi connectivity index (χ2v) is 12.6. The van der Waals surface area contributed by atoms with Gasteiger partial charge in [-0.1, -0.05) is 109 Å². The van der Waals surface area contributed by atoms with Gasteiger partial charge in [-0.3, -0.25) is 0 Å². The van der Waals surface area contributed by atoms with Crippen LogP contribution in [0.4, 0.5) is 0 Å². The Labute approximate surface area is 329 Å². The summed E-state index contributed by atoms with van der Waals surface area (Å²) in [5.41, 5.74) is 7.23. The molecule has 0 unspecified atom stereocenters. The first-order valence-electron chi connectivity index (χ1n) is 20.7. The summed E-state index contributed by atoms with van der Waals surface area (Å²) >= 11 is 0. The van der Waals surface area contributed by atoms with E-state index in [-0.39, 0.29) is 37.3 Å². The van der Waals surface area contributed by atoms with Gasteiger partial charge in [-0.05, 0) is 71.0 Å². The summed E-state index contributed by atoms with van der Waals surface area (Å²) in [6, 6.07) is 45.0. The quantitative estimate of drug-likeness (QED) is 0.150. The molecule has 1 radical (unpaired) electrons. The molecule has 259 valence electrons. The van der Waals surface area contributed by atoms with Gasteiger partial charge >= 0.3 is 0 Å². The fourth-order valence-electron chi connectivity index (χ4n) is 6.47. The third kappa shape index (κ3) is 8.12. The second kappa shape index (κ2) is 16.4. The number of furan rings is 1. The minimum Gasteiger partial charge on any atom is -0.486 e. The van der Waals surface area contributed by atoms with Crippen molar-refractivity contribution in [3.8, 4) is 33.6 Å². The average Bonchev–Trinajstić information content (AvgIpc) is 3.94. The maximum Gasteiger partial charge on any atom is 0.216 e. The van der Waals surface area contributed by atoms with Crippen molar-refractivity contribution in [2.75, 3.05) is 0 Å². The number of nitrogens with zero attached hydrogens (tertiary/aromatic N) is 3. The number of rotatable bonds is 7. The smallest absolute Gasteiger partial charge is 0.216 e. The summed E-state index contributed by atoms with van der Waals surface area (Å²) in [7, 11) is 0. The van der Waals surface area contributed by atoms with Crippen molar-refractivity contribution in [1.82, 2.24) is 15.0 Å². The van der Waals surface area contributed by atoms with E-state index >= 15 is 0 Å². The van der Waals surface area contributed by atoms with Gasteiger partial charge in [0.1, 0.15) is 0 Å². The van der Waals surface area contributed by atoms with E-state index in [0.29, 0.717) is 39.4 Å². The molecule has 0 amide bonds. The largest absolute Gasteiger partial charge is 0.486 e. The summed E-state index contributed by atoms with van der Waals surface area (Å²) in [4.78, 5) is 13.4. The summed E-state index contributed by atoms with van der Waals surface area (Å²) < 4.78 is 63.9. The van der Waals surface area contributed by atoms with Gasteiger partial charge in [-0.25, -0.2) is 4.98 Å². The van der Waals surface area contributed by atoms with Gasteiger partial charge in [0, 0.05) is 59.5 Å². The van der Waals surface area contributed by atoms with E-state index in [1.807, 2.05) is 97.1 Å². The predicted molar refractivity (Wildman–Crippen MR) is 207 cm³/mol. The molecule has 8 aromatic rings. The molecule has 1 fully saturated rings. The van der Waals surface area contributed by atoms with Gasteiger partial charge in [0.25, 0.3) is 0 Å². The molecule has 4 aromatic carbocycles. The molecule has 1 saturated carbocycles. The SMILES string of the molecule is [2H]C([2H])([2H])c1cnc(-c2[c-]cccc2)cc1-c1ccccc1.[2H]C([2H])(c1ccccc1)c1ccc2c(n1)oc1c[c-]c(-c3cc(C([2H])([2H])C4CCCC4)ccn3)cc12.[Ir]. The summed E-state index contributed by atoms with van der Waals surface area (Å²) in [5, 5.41) is 1.62. The molecule has 1 aliphatic rings. The molecular weight excluding hydrogens is 815 g/mol. The molecular formula is C47H39IrN3O-2. The monoisotopic (exact) mass is 861 g/mol. The van der Waals surface area contributed by atoms with Crippen LogP contribution in [0.2, 0.25) is 0 Å². The molecule has 9 rings (SSSR count). The zero-order chi connectivity index (χ0) is 40.5. The summed E-state index contributed by atoms with van der Waals surface area (Å²) in [5.74, 6) is 0.0365. The third-order valence-corrected chi connectivity index (χ3v) is 9.05. The number of aromatic nitrogens is 3. The summed E-state index contributed by atoms with van der Waals surface area (Å²) in [6.45, 7) is -2.20. The summed E-state index contributed by atoms with van der Waals surface area (Å²) in [6.07, 6.45) is 3.98. The van der Waals surface area contributed by atoms with Crippen molar-refractivity contribution in [3.63, 3.8) is 0 Å². The molecule has 5 heteroatoms. The first kappa shape index (κ1) is 27.4. The minimum atomic E-state index is -2.20. The van der Waals surface area contributed by atoms with Crippen LogP contribution in [0, 0.1) is 24.9 Å². The van der Waals surface area contributed by atoms with Crippen LogP contribution in [-0.2, 0) is 32.9 Å². The first-order chi connectivity index (χ1) is 27.9. The third-order valence-electron chi connectivity index (χ3n) is 9.05. The van der Waals surface area contributed by atoms with Gasteiger partial charge in [-0.15, -0.1) is 59.7 Å². The van der Waals surface area contributed by atoms with Gasteiger partial charge in [-0.2, -0.15) is 0 Å². The Morgan fingerprint density at radius 3 is 2.35 bits per heavy atom. The molecule has 52 heavy (non-hydrogen) atoms. The van der Waals surface area contributed by atoms with E-state index in [1.54, 1.807) is 36.5 Å². The van der Waals surface area contributed by atoms with Gasteiger partial charge < -0.3 is 14.4 Å². The number of hydrogen-bond acceptors (Lipinski definition) is 4. The van der Waals surface area contributed by atoms with E-state index in [0.717, 1.165) is 53.1 Å². The Hall–Kier alpha value is -5.22. The molecule has 4 heterocycles. The number of pyridine rings is 3. The minimum absolute atomic E-state index is 0. The predicted octanol–water partition coefficient (Wildman–Crippen LogP) is 11.7. The van der Waals surface area contributed by atoms with E-state index in [9.17, 15) is 0 Å². The molecule has 0 atom stereocenters. The van der Waals surface area contributed by atoms with Gasteiger partial charge in [0.2, 0.25) is 5.71 Å². The number of hydrogen-bond donors (Lipinski definition) is 0. The number of aryl methyl sites for hydroxylation is 1. The first-order valence-corrected chi connectivity index (χ1v) is 17.2. The molecule has 0 aliphatic heterocycles. The van der Waals surface area contributed by atoms with Gasteiger partial charge in [0.15, 0.2) is 0 Å². The fourth-order valence-corrected chi connectivity index (χ4v) is 6.47. The van der Waals surface area contributed by atoms with Crippen LogP contribution >= 0.6 is 0 Å². The van der Waals surface area contributed by atoms with Crippen LogP contribution in [0.25, 0.3) is 55.7 Å². The molecule has 0 spiro atoms. The number of benzene rings is 4. The Balaban J connectivity index is 0.000000198. The van der Waals surface area contributed by atoms with Crippen LogP contribution in [-0.4, -0.2) is 15.0 Å². The van der Waals surface area contributed by atoms with E-state index in [2.05, 4.69) is 27.1 Å². The molecule has 0 N–H and O–H groups in total. The van der Waals surface area contributed by atoms with Crippen molar-refractivity contribution < 1.29 is 34.1 Å². The Kier molecular flexibility index (Phi) is 8.66. The van der Waals surface area contributed by atoms with Crippen LogP contribution < -0.4 is 0 Å². The number of fused-ring (bicyclic) bond motifs is 3. The standard InChI is InChI=1S/C29H25N2O.C18H14N.Ir/c1-2-6-21(7-3-1)17-24-11-12-25-26-19-23(10-13-28(26)32-29(25)31-24)27-18-22(14-15-30-27)16-20-8-4-5-9-20;1-14-13-19-18(16-10-6-3-7-11-16)12-17(14)15-8-4-2-5-9-15;/h1-3,6-7,11-15,18-20H,4-5,8-9,16-17H2;2-10,12-13H,1H3;/q2*-1;/i16D2,17D2;1D3;. The van der Waals surface area contributed by atoms with Crippen molar-refractivity contribution in [2.45, 2.75) is 45.3 Å². The van der Waals surface area contributed by atoms with E-state index in [4.69, 9.17) is 14.0 Å². The van der Waals surface area contributed by atoms with Crippen LogP contribution in [0.1, 0.15) is 57.7 Å². The van der Waals surface area contributed by atoms with Crippen LogP contribution in [0.15, 0.2) is 144 Å². The molecule has 0 bridgehead atoms. The van der Waals surface area contributed by atoms with Crippen molar-refractivity contribution in [3.05, 3.63) is 174 Å². The van der Waals surface area contributed by atoms with Crippen LogP contribution in [0.5, 0.6) is 0 Å². The average molecular weight is 861 g/mol. The van der Waals surface area contributed by atoms with E-state index < -0.39 is 19.6 Å². The van der Waals surface area contributed by atoms with Crippen LogP contribution in [0.3, 0.4) is 0 Å². The maximum absolute atomic E-state index is 8.75. The normalized spacial score (nSPS) is 15.5. The zero-order valence-corrected chi connectivity index (χ0v) is 30.7. The van der Waals surface area contributed by atoms with E-state index in [1.165, 1.54) is 6.20 Å². The topological polar surface area (TPSA) is 51.8 Å². The zero-order valence-electron chi connectivity index (χ0n) is 35.3. The van der Waals surface area contributed by atoms with Crippen molar-refractivity contribution in [2.24, 2.45) is 5.92 Å². The molecule has 1 aliphatic carbocycles. The molecule has 0 saturated heterocycles. The van der Waals surface area contributed by atoms with Gasteiger partial charge in [0.05, 0.1) is 5.58 Å². The van der Waals surface area contributed by atoms with Crippen molar-refractivity contribution >= 4 is 22.1 Å². The Morgan fingerprint density at radius 1 is 0.769 bits per heavy atom. The molecule has 4 nitrogen and oxygen atoms in total. The Morgan fingerprint density at radius 2 is 1.56 bits per heavy atom.